The Morgan fingerprint density at radius 1 is 1.45 bits per heavy atom. The van der Waals surface area contributed by atoms with Gasteiger partial charge >= 0.3 is 0 Å². The van der Waals surface area contributed by atoms with Crippen LogP contribution < -0.4 is 5.32 Å². The highest BCUT2D eigenvalue weighted by Crippen LogP contribution is 2.17. The fraction of sp³-hybridized carbons (Fsp3) is 0.400. The third-order valence-corrected chi connectivity index (χ3v) is 3.86. The predicted molar refractivity (Wildman–Crippen MR) is 75.8 cm³/mol. The normalized spacial score (nSPS) is 19.2. The molecule has 0 spiro atoms. The summed E-state index contributed by atoms with van der Waals surface area (Å²) in [7, 11) is 0. The van der Waals surface area contributed by atoms with Crippen LogP contribution in [0.15, 0.2) is 24.3 Å². The number of carbonyl (C=O) groups excluding carboxylic acids is 1. The third-order valence-electron chi connectivity index (χ3n) is 3.86. The van der Waals surface area contributed by atoms with Crippen LogP contribution in [0.3, 0.4) is 0 Å². The lowest BCUT2D eigenvalue weighted by atomic mass is 10.2. The molecule has 3 rings (SSSR count). The van der Waals surface area contributed by atoms with Crippen LogP contribution in [0.4, 0.5) is 4.39 Å². The van der Waals surface area contributed by atoms with Crippen molar-refractivity contribution in [2.75, 3.05) is 13.1 Å². The number of aromatic amines is 1. The van der Waals surface area contributed by atoms with Gasteiger partial charge < -0.3 is 15.2 Å². The minimum atomic E-state index is -0.247. The number of halogens is 1. The summed E-state index contributed by atoms with van der Waals surface area (Å²) >= 11 is 0. The Bertz CT molecular complexity index is 637. The van der Waals surface area contributed by atoms with Crippen molar-refractivity contribution in [3.8, 4) is 0 Å². The fourth-order valence-corrected chi connectivity index (χ4v) is 2.73. The zero-order valence-electron chi connectivity index (χ0n) is 11.4. The lowest BCUT2D eigenvalue weighted by molar-refractivity contribution is -0.129. The van der Waals surface area contributed by atoms with Gasteiger partial charge in [-0.2, -0.15) is 0 Å². The fourth-order valence-electron chi connectivity index (χ4n) is 2.73. The molecule has 0 bridgehead atoms. The molecule has 0 aliphatic carbocycles. The van der Waals surface area contributed by atoms with Crippen molar-refractivity contribution in [2.24, 2.45) is 0 Å². The Hall–Kier alpha value is -1.88. The van der Waals surface area contributed by atoms with E-state index in [1.165, 1.54) is 12.1 Å². The summed E-state index contributed by atoms with van der Waals surface area (Å²) in [6, 6.07) is 6.58. The number of benzene rings is 1. The van der Waals surface area contributed by atoms with Gasteiger partial charge in [0.15, 0.2) is 0 Å². The topological polar surface area (TPSA) is 48.1 Å². The monoisotopic (exact) mass is 275 g/mol. The molecule has 1 amide bonds. The summed E-state index contributed by atoms with van der Waals surface area (Å²) < 4.78 is 13.1. The lowest BCUT2D eigenvalue weighted by Crippen LogP contribution is -2.37. The van der Waals surface area contributed by atoms with E-state index in [-0.39, 0.29) is 17.8 Å². The maximum atomic E-state index is 13.1. The third kappa shape index (κ3) is 2.41. The first-order chi connectivity index (χ1) is 9.67. The maximum absolute atomic E-state index is 13.1. The standard InChI is InChI=1S/C15H18FN3O/c1-2-19-6-5-13(15(19)20)17-9-12-7-10-3-4-11(16)8-14(10)18-12/h3-4,7-8,13,17-18H,2,5-6,9H2,1H3. The zero-order valence-corrected chi connectivity index (χ0v) is 11.4. The van der Waals surface area contributed by atoms with Crippen LogP contribution in [-0.2, 0) is 11.3 Å². The second-order valence-corrected chi connectivity index (χ2v) is 5.17. The molecule has 0 radical (unpaired) electrons. The van der Waals surface area contributed by atoms with E-state index < -0.39 is 0 Å². The van der Waals surface area contributed by atoms with Gasteiger partial charge in [-0.15, -0.1) is 0 Å². The van der Waals surface area contributed by atoms with E-state index in [0.29, 0.717) is 6.54 Å². The summed E-state index contributed by atoms with van der Waals surface area (Å²) in [6.07, 6.45) is 0.849. The lowest BCUT2D eigenvalue weighted by Gasteiger charge is -2.14. The van der Waals surface area contributed by atoms with E-state index in [0.717, 1.165) is 36.1 Å². The van der Waals surface area contributed by atoms with Crippen molar-refractivity contribution in [3.63, 3.8) is 0 Å². The molecule has 2 N–H and O–H groups in total. The number of aromatic nitrogens is 1. The van der Waals surface area contributed by atoms with Crippen LogP contribution >= 0.6 is 0 Å². The second-order valence-electron chi connectivity index (χ2n) is 5.17. The molecule has 1 saturated heterocycles. The number of H-pyrrole nitrogens is 1. The minimum Gasteiger partial charge on any atom is -0.357 e. The predicted octanol–water partition coefficient (Wildman–Crippen LogP) is 2.02. The number of likely N-dealkylation sites (tertiary alicyclic amines) is 1. The molecular formula is C15H18FN3O. The van der Waals surface area contributed by atoms with Gasteiger partial charge in [-0.1, -0.05) is 0 Å². The molecule has 20 heavy (non-hydrogen) atoms. The average molecular weight is 275 g/mol. The Kier molecular flexibility index (Phi) is 3.44. The molecule has 1 unspecified atom stereocenters. The number of nitrogens with zero attached hydrogens (tertiary/aromatic N) is 1. The van der Waals surface area contributed by atoms with Crippen molar-refractivity contribution in [2.45, 2.75) is 25.9 Å². The van der Waals surface area contributed by atoms with Gasteiger partial charge in [-0.3, -0.25) is 4.79 Å². The average Bonchev–Trinajstić information content (AvgIpc) is 2.99. The summed E-state index contributed by atoms with van der Waals surface area (Å²) in [5.41, 5.74) is 1.75. The van der Waals surface area contributed by atoms with Crippen LogP contribution in [0.25, 0.3) is 10.9 Å². The number of rotatable bonds is 4. The summed E-state index contributed by atoms with van der Waals surface area (Å²) in [5, 5.41) is 4.25. The highest BCUT2D eigenvalue weighted by Gasteiger charge is 2.29. The van der Waals surface area contributed by atoms with Crippen LogP contribution in [0.5, 0.6) is 0 Å². The second kappa shape index (κ2) is 5.25. The number of hydrogen-bond acceptors (Lipinski definition) is 2. The number of nitrogens with one attached hydrogen (secondary N) is 2. The Balaban J connectivity index is 1.67. The molecule has 1 aromatic heterocycles. The van der Waals surface area contributed by atoms with E-state index in [9.17, 15) is 9.18 Å². The molecule has 2 aromatic rings. The Morgan fingerprint density at radius 2 is 2.30 bits per heavy atom. The SMILES string of the molecule is CCN1CCC(NCc2cc3ccc(F)cc3[nH]2)C1=O. The number of fused-ring (bicyclic) bond motifs is 1. The quantitative estimate of drug-likeness (QED) is 0.897. The van der Waals surface area contributed by atoms with E-state index in [2.05, 4.69) is 10.3 Å². The Labute approximate surface area is 117 Å². The van der Waals surface area contributed by atoms with Crippen molar-refractivity contribution in [3.05, 3.63) is 35.8 Å². The molecule has 4 nitrogen and oxygen atoms in total. The van der Waals surface area contributed by atoms with Crippen LogP contribution in [-0.4, -0.2) is 34.9 Å². The number of hydrogen-bond donors (Lipinski definition) is 2. The van der Waals surface area contributed by atoms with Crippen molar-refractivity contribution in [1.29, 1.82) is 0 Å². The van der Waals surface area contributed by atoms with Gasteiger partial charge in [0.2, 0.25) is 5.91 Å². The molecule has 1 aliphatic heterocycles. The van der Waals surface area contributed by atoms with E-state index >= 15 is 0 Å². The minimum absolute atomic E-state index is 0.0990. The molecule has 106 valence electrons. The van der Waals surface area contributed by atoms with Crippen molar-refractivity contribution in [1.82, 2.24) is 15.2 Å². The first-order valence-electron chi connectivity index (χ1n) is 6.96. The number of amides is 1. The van der Waals surface area contributed by atoms with Gasteiger partial charge in [-0.05, 0) is 43.0 Å². The molecule has 0 saturated carbocycles. The summed E-state index contributed by atoms with van der Waals surface area (Å²) in [5.74, 6) is -0.0712. The maximum Gasteiger partial charge on any atom is 0.239 e. The molecule has 1 atom stereocenters. The van der Waals surface area contributed by atoms with Crippen LogP contribution in [0, 0.1) is 5.82 Å². The van der Waals surface area contributed by atoms with Gasteiger partial charge in [0.05, 0.1) is 6.04 Å². The van der Waals surface area contributed by atoms with Gasteiger partial charge in [0.1, 0.15) is 5.82 Å². The summed E-state index contributed by atoms with van der Waals surface area (Å²) in [6.45, 7) is 4.17. The Morgan fingerprint density at radius 3 is 3.05 bits per heavy atom. The summed E-state index contributed by atoms with van der Waals surface area (Å²) in [4.78, 5) is 17.0. The number of carbonyl (C=O) groups is 1. The molecule has 5 heteroatoms. The largest absolute Gasteiger partial charge is 0.357 e. The first kappa shape index (κ1) is 13.1. The van der Waals surface area contributed by atoms with Crippen molar-refractivity contribution >= 4 is 16.8 Å². The molecule has 2 heterocycles. The first-order valence-corrected chi connectivity index (χ1v) is 6.96. The van der Waals surface area contributed by atoms with Gasteiger partial charge in [-0.25, -0.2) is 4.39 Å². The van der Waals surface area contributed by atoms with Crippen molar-refractivity contribution < 1.29 is 9.18 Å². The van der Waals surface area contributed by atoms with Gasteiger partial charge in [0, 0.05) is 30.8 Å². The molecule has 1 aromatic carbocycles. The van der Waals surface area contributed by atoms with Gasteiger partial charge in [0.25, 0.3) is 0 Å². The molecule has 1 aliphatic rings. The van der Waals surface area contributed by atoms with Crippen LogP contribution in [0.2, 0.25) is 0 Å². The van der Waals surface area contributed by atoms with Crippen LogP contribution in [0.1, 0.15) is 19.0 Å². The van der Waals surface area contributed by atoms with E-state index in [4.69, 9.17) is 0 Å². The zero-order chi connectivity index (χ0) is 14.1. The number of likely N-dealkylation sites (N-methyl/N-ethyl adjacent to an activating group) is 1. The molecular weight excluding hydrogens is 257 g/mol. The van der Waals surface area contributed by atoms with E-state index in [1.54, 1.807) is 6.07 Å². The highest BCUT2D eigenvalue weighted by atomic mass is 19.1. The highest BCUT2D eigenvalue weighted by molar-refractivity contribution is 5.84. The smallest absolute Gasteiger partial charge is 0.239 e. The molecule has 1 fully saturated rings. The van der Waals surface area contributed by atoms with E-state index in [1.807, 2.05) is 17.9 Å².